The Bertz CT molecular complexity index is 1480. The number of hydrogen-bond donors (Lipinski definition) is 0. The maximum Gasteiger partial charge on any atom is 0.282 e. The van der Waals surface area contributed by atoms with E-state index in [1.54, 1.807) is 4.90 Å². The van der Waals surface area contributed by atoms with Crippen LogP contribution >= 0.6 is 11.6 Å². The van der Waals surface area contributed by atoms with Crippen molar-refractivity contribution in [3.8, 4) is 0 Å². The molecule has 37 heavy (non-hydrogen) atoms. The fraction of sp³-hybridized carbons (Fsp3) is 0.250. The molecule has 8 nitrogen and oxygen atoms in total. The highest BCUT2D eigenvalue weighted by atomic mass is 35.5. The number of halogens is 1. The number of nitro groups is 1. The second kappa shape index (κ2) is 8.52. The molecule has 3 aromatic rings. The van der Waals surface area contributed by atoms with E-state index in [-0.39, 0.29) is 11.1 Å². The Kier molecular flexibility index (Phi) is 5.68. The van der Waals surface area contributed by atoms with E-state index in [1.165, 1.54) is 18.2 Å². The summed E-state index contributed by atoms with van der Waals surface area (Å²) < 4.78 is 0. The van der Waals surface area contributed by atoms with Crippen LogP contribution < -0.4 is 4.90 Å². The Morgan fingerprint density at radius 3 is 2.32 bits per heavy atom. The lowest BCUT2D eigenvalue weighted by Crippen LogP contribution is -2.58. The van der Waals surface area contributed by atoms with Gasteiger partial charge in [0.05, 0.1) is 10.5 Å². The van der Waals surface area contributed by atoms with Gasteiger partial charge in [0.1, 0.15) is 12.1 Å². The molecule has 0 N–H and O–H groups in total. The average Bonchev–Trinajstić information content (AvgIpc) is 3.08. The van der Waals surface area contributed by atoms with Crippen molar-refractivity contribution in [1.29, 1.82) is 0 Å². The number of carbonyl (C=O) groups excluding carboxylic acids is 3. The molecule has 0 radical (unpaired) electrons. The first-order chi connectivity index (χ1) is 17.5. The van der Waals surface area contributed by atoms with Crippen molar-refractivity contribution in [2.24, 2.45) is 0 Å². The fourth-order valence-corrected chi connectivity index (χ4v) is 5.99. The first kappa shape index (κ1) is 24.6. The van der Waals surface area contributed by atoms with Crippen LogP contribution in [0.5, 0.6) is 0 Å². The molecule has 0 spiro atoms. The van der Waals surface area contributed by atoms with E-state index in [4.69, 9.17) is 11.6 Å². The summed E-state index contributed by atoms with van der Waals surface area (Å²) in [4.78, 5) is 53.1. The van der Waals surface area contributed by atoms with Crippen molar-refractivity contribution < 1.29 is 19.3 Å². The third-order valence-electron chi connectivity index (χ3n) is 7.33. The highest BCUT2D eigenvalue weighted by Crippen LogP contribution is 2.50. The summed E-state index contributed by atoms with van der Waals surface area (Å²) in [5.41, 5.74) is 0.749. The number of nitrogens with zero attached hydrogens (tertiary/aromatic N) is 3. The van der Waals surface area contributed by atoms with Crippen molar-refractivity contribution in [2.75, 3.05) is 11.4 Å². The second-order valence-electron chi connectivity index (χ2n) is 10.2. The number of anilines is 1. The number of imide groups is 1. The van der Waals surface area contributed by atoms with Gasteiger partial charge < -0.3 is 4.90 Å². The zero-order chi connectivity index (χ0) is 26.7. The molecule has 3 amide bonds. The van der Waals surface area contributed by atoms with Gasteiger partial charge in [-0.1, -0.05) is 54.9 Å². The van der Waals surface area contributed by atoms with Crippen molar-refractivity contribution in [1.82, 2.24) is 4.90 Å². The van der Waals surface area contributed by atoms with Crippen molar-refractivity contribution in [2.45, 2.75) is 38.1 Å². The molecule has 0 bridgehead atoms. The molecule has 0 saturated heterocycles. The largest absolute Gasteiger partial charge is 0.305 e. The Balaban J connectivity index is 1.53. The SMILES string of the molecule is CC1(C)C[C@@](C)(c2ccc(Cl)cc2)c2ccccc2N1C(=O)CN1C(=O)c2cccc([N+](=O)[O-])c2C1=O. The number of rotatable bonds is 4. The van der Waals surface area contributed by atoms with Crippen LogP contribution in [-0.2, 0) is 10.2 Å². The maximum atomic E-state index is 13.8. The van der Waals surface area contributed by atoms with Gasteiger partial charge in [0.25, 0.3) is 17.5 Å². The second-order valence-corrected chi connectivity index (χ2v) is 10.7. The number of carbonyl (C=O) groups is 3. The molecular weight excluding hydrogens is 494 g/mol. The summed E-state index contributed by atoms with van der Waals surface area (Å²) in [5.74, 6) is -2.01. The maximum absolute atomic E-state index is 13.8. The quantitative estimate of drug-likeness (QED) is 0.263. The molecule has 188 valence electrons. The first-order valence-electron chi connectivity index (χ1n) is 11.8. The van der Waals surface area contributed by atoms with E-state index >= 15 is 0 Å². The average molecular weight is 518 g/mol. The van der Waals surface area contributed by atoms with E-state index < -0.39 is 45.8 Å². The summed E-state index contributed by atoms with van der Waals surface area (Å²) in [6, 6.07) is 19.1. The molecule has 0 unspecified atom stereocenters. The Morgan fingerprint density at radius 1 is 0.973 bits per heavy atom. The van der Waals surface area contributed by atoms with Gasteiger partial charge in [-0.15, -0.1) is 0 Å². The number of fused-ring (bicyclic) bond motifs is 2. The van der Waals surface area contributed by atoms with Gasteiger partial charge in [-0.3, -0.25) is 29.4 Å². The molecule has 1 atom stereocenters. The van der Waals surface area contributed by atoms with E-state index in [1.807, 2.05) is 62.4 Å². The number of hydrogen-bond acceptors (Lipinski definition) is 5. The molecule has 2 aliphatic heterocycles. The van der Waals surface area contributed by atoms with Crippen LogP contribution in [0, 0.1) is 10.1 Å². The van der Waals surface area contributed by atoms with Crippen LogP contribution in [0.25, 0.3) is 0 Å². The van der Waals surface area contributed by atoms with Gasteiger partial charge >= 0.3 is 0 Å². The summed E-state index contributed by atoms with van der Waals surface area (Å²) in [6.45, 7) is 5.49. The smallest absolute Gasteiger partial charge is 0.282 e. The molecular formula is C28H24ClN3O5. The van der Waals surface area contributed by atoms with Crippen LogP contribution in [0.2, 0.25) is 5.02 Å². The molecule has 0 aromatic heterocycles. The minimum atomic E-state index is -0.838. The van der Waals surface area contributed by atoms with E-state index in [0.29, 0.717) is 17.1 Å². The van der Waals surface area contributed by atoms with Crippen LogP contribution in [0.15, 0.2) is 66.7 Å². The molecule has 3 aromatic carbocycles. The van der Waals surface area contributed by atoms with Crippen LogP contribution in [-0.4, -0.2) is 39.6 Å². The fourth-order valence-electron chi connectivity index (χ4n) is 5.87. The van der Waals surface area contributed by atoms with Crippen LogP contribution in [0.4, 0.5) is 11.4 Å². The Labute approximate surface area is 218 Å². The van der Waals surface area contributed by atoms with Crippen molar-refractivity contribution in [3.05, 3.63) is 104 Å². The van der Waals surface area contributed by atoms with E-state index in [2.05, 4.69) is 6.92 Å². The molecule has 5 rings (SSSR count). The molecule has 0 aliphatic carbocycles. The van der Waals surface area contributed by atoms with Gasteiger partial charge in [-0.2, -0.15) is 0 Å². The zero-order valence-electron chi connectivity index (χ0n) is 20.5. The van der Waals surface area contributed by atoms with E-state index in [0.717, 1.165) is 16.0 Å². The molecule has 0 fully saturated rings. The molecule has 0 saturated carbocycles. The Hall–Kier alpha value is -4.04. The summed E-state index contributed by atoms with van der Waals surface area (Å²) in [7, 11) is 0. The lowest BCUT2D eigenvalue weighted by Gasteiger charge is -2.51. The van der Waals surface area contributed by atoms with Crippen molar-refractivity contribution >= 4 is 40.7 Å². The summed E-state index contributed by atoms with van der Waals surface area (Å²) in [6.07, 6.45) is 0.567. The van der Waals surface area contributed by atoms with Gasteiger partial charge in [0.15, 0.2) is 0 Å². The number of nitro benzene ring substituents is 1. The van der Waals surface area contributed by atoms with Gasteiger partial charge in [-0.25, -0.2) is 0 Å². The highest BCUT2D eigenvalue weighted by molar-refractivity contribution is 6.30. The molecule has 2 aliphatic rings. The highest BCUT2D eigenvalue weighted by Gasteiger charge is 2.49. The van der Waals surface area contributed by atoms with Crippen LogP contribution in [0.3, 0.4) is 0 Å². The summed E-state index contributed by atoms with van der Waals surface area (Å²) in [5, 5.41) is 12.1. The predicted octanol–water partition coefficient (Wildman–Crippen LogP) is 5.37. The minimum absolute atomic E-state index is 0.0689. The van der Waals surface area contributed by atoms with Gasteiger partial charge in [0.2, 0.25) is 5.91 Å². The number of benzene rings is 3. The lowest BCUT2D eigenvalue weighted by molar-refractivity contribution is -0.385. The first-order valence-corrected chi connectivity index (χ1v) is 12.2. The van der Waals surface area contributed by atoms with Gasteiger partial charge in [-0.05, 0) is 55.7 Å². The topological polar surface area (TPSA) is 101 Å². The summed E-state index contributed by atoms with van der Waals surface area (Å²) >= 11 is 6.13. The zero-order valence-corrected chi connectivity index (χ0v) is 21.3. The Morgan fingerprint density at radius 2 is 1.65 bits per heavy atom. The predicted molar refractivity (Wildman–Crippen MR) is 139 cm³/mol. The number of para-hydroxylation sites is 1. The third-order valence-corrected chi connectivity index (χ3v) is 7.58. The van der Waals surface area contributed by atoms with E-state index in [9.17, 15) is 24.5 Å². The lowest BCUT2D eigenvalue weighted by atomic mass is 9.65. The molecule has 9 heteroatoms. The third kappa shape index (κ3) is 3.79. The normalized spacial score (nSPS) is 20.0. The van der Waals surface area contributed by atoms with Crippen LogP contribution in [0.1, 0.15) is 59.0 Å². The molecule has 2 heterocycles. The van der Waals surface area contributed by atoms with Gasteiger partial charge in [0, 0.05) is 27.7 Å². The monoisotopic (exact) mass is 517 g/mol. The number of amides is 3. The minimum Gasteiger partial charge on any atom is -0.305 e. The standard InChI is InChI=1S/C28H24ClN3O5/c1-27(2)16-28(3,17-11-13-18(29)14-12-17)20-8-4-5-9-21(20)31(27)23(33)15-30-25(34)19-7-6-10-22(32(36)37)24(19)26(30)35/h4-14H,15-16H2,1-3H3/t28-/m0/s1. The van der Waals surface area contributed by atoms with Crippen molar-refractivity contribution in [3.63, 3.8) is 0 Å².